The molecule has 190 valence electrons. The van der Waals surface area contributed by atoms with Crippen LogP contribution >= 0.6 is 0 Å². The molecule has 0 saturated heterocycles. The van der Waals surface area contributed by atoms with E-state index in [4.69, 9.17) is 10.8 Å². The number of aliphatic hydroxyl groups excluding tert-OH is 1. The fourth-order valence-electron chi connectivity index (χ4n) is 3.21. The highest BCUT2D eigenvalue weighted by Gasteiger charge is 2.32. The van der Waals surface area contributed by atoms with Gasteiger partial charge in [0.05, 0.1) is 12.6 Å². The van der Waals surface area contributed by atoms with Crippen molar-refractivity contribution < 1.29 is 34.5 Å². The summed E-state index contributed by atoms with van der Waals surface area (Å²) in [5.41, 5.74) is 6.60. The lowest BCUT2D eigenvalue weighted by Gasteiger charge is -2.27. The molecular formula is C23H36N4O7. The number of hydrogen-bond donors (Lipinski definition) is 7. The third-order valence-electron chi connectivity index (χ3n) is 5.12. The molecule has 0 fully saturated rings. The number of carbonyl (C=O) groups is 4. The Labute approximate surface area is 199 Å². The fraction of sp³-hybridized carbons (Fsp3) is 0.565. The SMILES string of the molecule is CC(C)CC(N)C(=O)NC(Cc1ccc(O)cc1)C(=O)NC(C(=O)NC(CO)C(=O)O)C(C)C. The van der Waals surface area contributed by atoms with Gasteiger partial charge in [-0.15, -0.1) is 0 Å². The molecule has 1 aromatic carbocycles. The first-order chi connectivity index (χ1) is 15.8. The number of phenolic OH excluding ortho intramolecular Hbond substituents is 1. The standard InChI is InChI=1S/C23H36N4O7/c1-12(2)9-16(24)20(30)25-17(10-14-5-7-15(29)8-6-14)21(31)27-19(13(3)4)22(32)26-18(11-28)23(33)34/h5-8,12-13,16-19,28-29H,9-11,24H2,1-4H3,(H,25,30)(H,26,32)(H,27,31)(H,33,34). The zero-order valence-corrected chi connectivity index (χ0v) is 19.9. The quantitative estimate of drug-likeness (QED) is 0.196. The van der Waals surface area contributed by atoms with E-state index in [9.17, 15) is 29.4 Å². The average molecular weight is 481 g/mol. The Morgan fingerprint density at radius 1 is 0.882 bits per heavy atom. The molecule has 3 amide bonds. The minimum absolute atomic E-state index is 0.0427. The van der Waals surface area contributed by atoms with Crippen LogP contribution in [0.5, 0.6) is 5.75 Å². The van der Waals surface area contributed by atoms with Gasteiger partial charge in [-0.1, -0.05) is 39.8 Å². The molecule has 11 nitrogen and oxygen atoms in total. The molecule has 11 heteroatoms. The van der Waals surface area contributed by atoms with Gasteiger partial charge < -0.3 is 37.0 Å². The van der Waals surface area contributed by atoms with E-state index in [0.29, 0.717) is 12.0 Å². The van der Waals surface area contributed by atoms with Crippen LogP contribution in [-0.2, 0) is 25.6 Å². The first-order valence-electron chi connectivity index (χ1n) is 11.1. The van der Waals surface area contributed by atoms with Crippen molar-refractivity contribution in [3.05, 3.63) is 29.8 Å². The highest BCUT2D eigenvalue weighted by molar-refractivity contribution is 5.94. The number of aromatic hydroxyl groups is 1. The number of carboxylic acid groups (broad SMARTS) is 1. The van der Waals surface area contributed by atoms with Crippen LogP contribution in [0.15, 0.2) is 24.3 Å². The number of nitrogens with one attached hydrogen (secondary N) is 3. The van der Waals surface area contributed by atoms with Gasteiger partial charge in [-0.05, 0) is 36.0 Å². The van der Waals surface area contributed by atoms with Crippen molar-refractivity contribution in [2.75, 3.05) is 6.61 Å². The Morgan fingerprint density at radius 3 is 1.91 bits per heavy atom. The Balaban J connectivity index is 3.08. The van der Waals surface area contributed by atoms with E-state index in [0.717, 1.165) is 0 Å². The zero-order valence-electron chi connectivity index (χ0n) is 19.9. The lowest BCUT2D eigenvalue weighted by molar-refractivity contribution is -0.143. The fourth-order valence-corrected chi connectivity index (χ4v) is 3.21. The van der Waals surface area contributed by atoms with Crippen molar-refractivity contribution in [1.82, 2.24) is 16.0 Å². The summed E-state index contributed by atoms with van der Waals surface area (Å²) < 4.78 is 0. The first-order valence-corrected chi connectivity index (χ1v) is 11.1. The second-order valence-corrected chi connectivity index (χ2v) is 8.98. The number of hydrogen-bond acceptors (Lipinski definition) is 7. The normalized spacial score (nSPS) is 14.7. The molecule has 8 N–H and O–H groups in total. The lowest BCUT2D eigenvalue weighted by Crippen LogP contribution is -2.59. The topological polar surface area (TPSA) is 191 Å². The molecule has 0 aliphatic carbocycles. The number of carboxylic acids is 1. The molecule has 0 bridgehead atoms. The van der Waals surface area contributed by atoms with E-state index < -0.39 is 60.4 Å². The van der Waals surface area contributed by atoms with Crippen LogP contribution in [0.1, 0.15) is 39.7 Å². The van der Waals surface area contributed by atoms with Crippen LogP contribution in [0.2, 0.25) is 0 Å². The number of phenols is 1. The van der Waals surface area contributed by atoms with Crippen LogP contribution in [0, 0.1) is 11.8 Å². The minimum Gasteiger partial charge on any atom is -0.508 e. The number of nitrogens with two attached hydrogens (primary N) is 1. The number of carbonyl (C=O) groups excluding carboxylic acids is 3. The Bertz CT molecular complexity index is 842. The summed E-state index contributed by atoms with van der Waals surface area (Å²) in [6.45, 7) is 6.33. The monoisotopic (exact) mass is 480 g/mol. The van der Waals surface area contributed by atoms with Gasteiger partial charge >= 0.3 is 5.97 Å². The van der Waals surface area contributed by atoms with Crippen molar-refractivity contribution in [2.24, 2.45) is 17.6 Å². The molecule has 4 unspecified atom stereocenters. The number of amides is 3. The summed E-state index contributed by atoms with van der Waals surface area (Å²) >= 11 is 0. The summed E-state index contributed by atoms with van der Waals surface area (Å²) in [7, 11) is 0. The smallest absolute Gasteiger partial charge is 0.328 e. The lowest BCUT2D eigenvalue weighted by atomic mass is 9.99. The number of rotatable bonds is 13. The van der Waals surface area contributed by atoms with E-state index in [1.807, 2.05) is 13.8 Å². The van der Waals surface area contributed by atoms with Gasteiger partial charge in [0.15, 0.2) is 0 Å². The summed E-state index contributed by atoms with van der Waals surface area (Å²) in [6, 6.07) is 1.53. The van der Waals surface area contributed by atoms with Gasteiger partial charge in [-0.25, -0.2) is 4.79 Å². The van der Waals surface area contributed by atoms with Crippen LogP contribution < -0.4 is 21.7 Å². The Kier molecular flexibility index (Phi) is 11.5. The van der Waals surface area contributed by atoms with E-state index in [1.54, 1.807) is 26.0 Å². The molecule has 4 atom stereocenters. The van der Waals surface area contributed by atoms with Crippen molar-refractivity contribution in [2.45, 2.75) is 64.7 Å². The Hall–Kier alpha value is -3.18. The minimum atomic E-state index is -1.52. The van der Waals surface area contributed by atoms with Gasteiger partial charge in [0.2, 0.25) is 17.7 Å². The molecule has 0 aliphatic rings. The zero-order chi connectivity index (χ0) is 26.0. The van der Waals surface area contributed by atoms with Crippen LogP contribution in [0.4, 0.5) is 0 Å². The highest BCUT2D eigenvalue weighted by atomic mass is 16.4. The molecule has 1 rings (SSSR count). The van der Waals surface area contributed by atoms with Gasteiger partial charge in [-0.3, -0.25) is 14.4 Å². The van der Waals surface area contributed by atoms with E-state index in [-0.39, 0.29) is 18.1 Å². The molecule has 0 aliphatic heterocycles. The predicted octanol–water partition coefficient (Wildman–Crippen LogP) is -0.505. The number of aliphatic carboxylic acids is 1. The largest absolute Gasteiger partial charge is 0.508 e. The second-order valence-electron chi connectivity index (χ2n) is 8.98. The van der Waals surface area contributed by atoms with Crippen molar-refractivity contribution in [3.63, 3.8) is 0 Å². The van der Waals surface area contributed by atoms with Gasteiger partial charge in [-0.2, -0.15) is 0 Å². The van der Waals surface area contributed by atoms with Crippen molar-refractivity contribution in [3.8, 4) is 5.75 Å². The molecule has 0 aromatic heterocycles. The summed E-state index contributed by atoms with van der Waals surface area (Å²) in [5, 5.41) is 35.1. The molecule has 0 spiro atoms. The van der Waals surface area contributed by atoms with Crippen LogP contribution in [-0.4, -0.2) is 69.8 Å². The summed E-state index contributed by atoms with van der Waals surface area (Å²) in [5.74, 6) is -3.61. The first kappa shape index (κ1) is 28.9. The summed E-state index contributed by atoms with van der Waals surface area (Å²) in [6.07, 6.45) is 0.473. The van der Waals surface area contributed by atoms with E-state index in [1.165, 1.54) is 12.1 Å². The second kappa shape index (κ2) is 13.5. The highest BCUT2D eigenvalue weighted by Crippen LogP contribution is 2.13. The van der Waals surface area contributed by atoms with Crippen molar-refractivity contribution >= 4 is 23.7 Å². The summed E-state index contributed by atoms with van der Waals surface area (Å²) in [4.78, 5) is 49.5. The van der Waals surface area contributed by atoms with Crippen LogP contribution in [0.3, 0.4) is 0 Å². The average Bonchev–Trinajstić information content (AvgIpc) is 2.75. The molecular weight excluding hydrogens is 444 g/mol. The van der Waals surface area contributed by atoms with E-state index in [2.05, 4.69) is 16.0 Å². The number of benzene rings is 1. The van der Waals surface area contributed by atoms with Crippen LogP contribution in [0.25, 0.3) is 0 Å². The maximum atomic E-state index is 13.1. The third-order valence-corrected chi connectivity index (χ3v) is 5.12. The Morgan fingerprint density at radius 2 is 1.44 bits per heavy atom. The molecule has 0 saturated carbocycles. The maximum absolute atomic E-state index is 13.1. The van der Waals surface area contributed by atoms with Crippen molar-refractivity contribution in [1.29, 1.82) is 0 Å². The molecule has 0 heterocycles. The molecule has 1 aromatic rings. The molecule has 0 radical (unpaired) electrons. The van der Waals surface area contributed by atoms with Gasteiger partial charge in [0, 0.05) is 6.42 Å². The molecule has 34 heavy (non-hydrogen) atoms. The van der Waals surface area contributed by atoms with E-state index >= 15 is 0 Å². The maximum Gasteiger partial charge on any atom is 0.328 e. The number of aliphatic hydroxyl groups is 1. The third kappa shape index (κ3) is 9.36. The predicted molar refractivity (Wildman–Crippen MR) is 125 cm³/mol. The van der Waals surface area contributed by atoms with Gasteiger partial charge in [0.1, 0.15) is 23.9 Å². The van der Waals surface area contributed by atoms with Gasteiger partial charge in [0.25, 0.3) is 0 Å².